The van der Waals surface area contributed by atoms with E-state index in [1.165, 1.54) is 5.69 Å². The number of nitrogens with one attached hydrogen (secondary N) is 1. The van der Waals surface area contributed by atoms with Gasteiger partial charge in [0.1, 0.15) is 5.54 Å². The lowest BCUT2D eigenvalue weighted by Gasteiger charge is -2.35. The van der Waals surface area contributed by atoms with Crippen LogP contribution in [0.2, 0.25) is 0 Å². The summed E-state index contributed by atoms with van der Waals surface area (Å²) in [4.78, 5) is 18.9. The number of anilines is 1. The summed E-state index contributed by atoms with van der Waals surface area (Å²) in [7, 11) is 0. The second-order valence-electron chi connectivity index (χ2n) is 6.55. The van der Waals surface area contributed by atoms with Crippen LogP contribution in [0.15, 0.2) is 48.8 Å². The average Bonchev–Trinajstić information content (AvgIpc) is 2.63. The minimum absolute atomic E-state index is 0.202. The van der Waals surface area contributed by atoms with E-state index in [9.17, 15) is 4.79 Å². The molecule has 2 heterocycles. The molecule has 0 bridgehead atoms. The largest absolute Gasteiger partial charge is 0.371 e. The predicted molar refractivity (Wildman–Crippen MR) is 95.4 cm³/mol. The molecule has 1 amide bonds. The molecule has 0 spiro atoms. The van der Waals surface area contributed by atoms with Crippen LogP contribution in [0.3, 0.4) is 0 Å². The summed E-state index contributed by atoms with van der Waals surface area (Å²) >= 11 is 0. The molecule has 128 valence electrons. The highest BCUT2D eigenvalue weighted by atomic mass is 16.2. The van der Waals surface area contributed by atoms with Crippen molar-refractivity contribution >= 4 is 11.6 Å². The van der Waals surface area contributed by atoms with Gasteiger partial charge >= 0.3 is 0 Å². The monoisotopic (exact) mass is 327 g/mol. The lowest BCUT2D eigenvalue weighted by molar-refractivity contribution is -0.125. The number of rotatable bonds is 4. The molecule has 5 N–H and O–H groups in total. The van der Waals surface area contributed by atoms with Crippen LogP contribution in [0.4, 0.5) is 5.69 Å². The fourth-order valence-corrected chi connectivity index (χ4v) is 3.24. The van der Waals surface area contributed by atoms with Gasteiger partial charge in [0.25, 0.3) is 0 Å². The van der Waals surface area contributed by atoms with Crippen LogP contribution in [0.25, 0.3) is 0 Å². The highest BCUT2D eigenvalue weighted by Gasteiger charge is 2.37. The first-order valence-electron chi connectivity index (χ1n) is 8.43. The lowest BCUT2D eigenvalue weighted by Crippen LogP contribution is -2.63. The average molecular weight is 327 g/mol. The van der Waals surface area contributed by atoms with E-state index < -0.39 is 11.6 Å². The Morgan fingerprint density at radius 3 is 2.67 bits per heavy atom. The zero-order valence-electron chi connectivity index (χ0n) is 13.8. The molecule has 1 fully saturated rings. The highest BCUT2D eigenvalue weighted by molar-refractivity contribution is 5.90. The maximum Gasteiger partial charge on any atom is 0.246 e. The topological polar surface area (TPSA) is 97.3 Å². The van der Waals surface area contributed by atoms with Crippen molar-refractivity contribution in [1.29, 1.82) is 0 Å². The minimum atomic E-state index is -1.15. The van der Waals surface area contributed by atoms with Gasteiger partial charge in [0.05, 0.1) is 6.04 Å². The van der Waals surface area contributed by atoms with Crippen molar-refractivity contribution in [2.75, 3.05) is 24.5 Å². The second-order valence-corrected chi connectivity index (χ2v) is 6.55. The molecule has 1 saturated heterocycles. The minimum Gasteiger partial charge on any atom is -0.371 e. The number of allylic oxidation sites excluding steroid dienone is 2. The number of hydrogen-bond acceptors (Lipinski definition) is 5. The van der Waals surface area contributed by atoms with Crippen LogP contribution in [-0.4, -0.2) is 42.1 Å². The Kier molecular flexibility index (Phi) is 4.97. The first kappa shape index (κ1) is 16.7. The molecular formula is C18H25N5O. The van der Waals surface area contributed by atoms with Gasteiger partial charge in [0, 0.05) is 37.7 Å². The number of nitrogens with two attached hydrogens (primary N) is 2. The van der Waals surface area contributed by atoms with Gasteiger partial charge in [0.15, 0.2) is 0 Å². The molecule has 2 aliphatic rings. The van der Waals surface area contributed by atoms with E-state index in [1.807, 2.05) is 30.6 Å². The molecule has 0 aromatic carbocycles. The second kappa shape index (κ2) is 7.15. The van der Waals surface area contributed by atoms with Crippen molar-refractivity contribution in [3.05, 3.63) is 48.8 Å². The molecule has 0 radical (unpaired) electrons. The molecule has 1 aliphatic heterocycles. The number of piperidine rings is 1. The van der Waals surface area contributed by atoms with E-state index in [4.69, 9.17) is 11.5 Å². The van der Waals surface area contributed by atoms with E-state index in [2.05, 4.69) is 15.2 Å². The van der Waals surface area contributed by atoms with E-state index >= 15 is 0 Å². The molecule has 2 unspecified atom stereocenters. The van der Waals surface area contributed by atoms with Crippen LogP contribution >= 0.6 is 0 Å². The third kappa shape index (κ3) is 3.49. The predicted octanol–water partition coefficient (Wildman–Crippen LogP) is 0.565. The third-order valence-corrected chi connectivity index (χ3v) is 4.94. The van der Waals surface area contributed by atoms with Gasteiger partial charge in [-0.25, -0.2) is 0 Å². The quantitative estimate of drug-likeness (QED) is 0.751. The molecule has 1 aromatic rings. The van der Waals surface area contributed by atoms with E-state index in [0.29, 0.717) is 12.5 Å². The number of carbonyl (C=O) groups is 1. The standard InChI is InChI=1S/C18H25N5O/c19-16-3-1-2-8-18(16,20)17(24)22-13-14-6-11-23(12-7-14)15-4-9-21-10-5-15/h1-5,8-10,14,16H,6-7,11-13,19-20H2,(H,22,24). The number of pyridine rings is 1. The van der Waals surface area contributed by atoms with Gasteiger partial charge in [-0.1, -0.05) is 24.3 Å². The number of amides is 1. The molecule has 24 heavy (non-hydrogen) atoms. The Bertz CT molecular complexity index is 622. The molecule has 6 nitrogen and oxygen atoms in total. The normalized spacial score (nSPS) is 27.2. The van der Waals surface area contributed by atoms with Gasteiger partial charge in [-0.3, -0.25) is 9.78 Å². The van der Waals surface area contributed by atoms with Crippen LogP contribution < -0.4 is 21.7 Å². The number of aromatic nitrogens is 1. The van der Waals surface area contributed by atoms with Gasteiger partial charge in [-0.15, -0.1) is 0 Å². The Morgan fingerprint density at radius 1 is 1.29 bits per heavy atom. The van der Waals surface area contributed by atoms with E-state index in [-0.39, 0.29) is 5.91 Å². The number of hydrogen-bond donors (Lipinski definition) is 3. The van der Waals surface area contributed by atoms with Crippen LogP contribution in [0, 0.1) is 5.92 Å². The molecular weight excluding hydrogens is 302 g/mol. The fraction of sp³-hybridized carbons (Fsp3) is 0.444. The summed E-state index contributed by atoms with van der Waals surface area (Å²) in [5, 5.41) is 2.99. The van der Waals surface area contributed by atoms with Crippen LogP contribution in [0.5, 0.6) is 0 Å². The summed E-state index contributed by atoms with van der Waals surface area (Å²) in [6.45, 7) is 2.62. The van der Waals surface area contributed by atoms with Crippen molar-refractivity contribution in [1.82, 2.24) is 10.3 Å². The van der Waals surface area contributed by atoms with Crippen molar-refractivity contribution < 1.29 is 4.79 Å². The fourth-order valence-electron chi connectivity index (χ4n) is 3.24. The molecule has 1 aromatic heterocycles. The molecule has 1 aliphatic carbocycles. The maximum absolute atomic E-state index is 12.4. The Labute approximate surface area is 142 Å². The van der Waals surface area contributed by atoms with Gasteiger partial charge < -0.3 is 21.7 Å². The third-order valence-electron chi connectivity index (χ3n) is 4.94. The first-order valence-corrected chi connectivity index (χ1v) is 8.43. The molecule has 2 atom stereocenters. The number of nitrogens with zero attached hydrogens (tertiary/aromatic N) is 2. The van der Waals surface area contributed by atoms with Gasteiger partial charge in [-0.2, -0.15) is 0 Å². The van der Waals surface area contributed by atoms with Crippen molar-refractivity contribution in [3.63, 3.8) is 0 Å². The zero-order valence-corrected chi connectivity index (χ0v) is 13.8. The SMILES string of the molecule is NC1C=CC=CC1(N)C(=O)NCC1CCN(c2ccncc2)CC1. The highest BCUT2D eigenvalue weighted by Crippen LogP contribution is 2.22. The lowest BCUT2D eigenvalue weighted by atomic mass is 9.86. The Morgan fingerprint density at radius 2 is 2.00 bits per heavy atom. The maximum atomic E-state index is 12.4. The van der Waals surface area contributed by atoms with Crippen LogP contribution in [0.1, 0.15) is 12.8 Å². The first-order chi connectivity index (χ1) is 11.6. The molecule has 3 rings (SSSR count). The smallest absolute Gasteiger partial charge is 0.246 e. The summed E-state index contributed by atoms with van der Waals surface area (Å²) in [6, 6.07) is 3.57. The van der Waals surface area contributed by atoms with Gasteiger partial charge in [0.2, 0.25) is 5.91 Å². The van der Waals surface area contributed by atoms with Crippen molar-refractivity contribution in [2.45, 2.75) is 24.4 Å². The summed E-state index contributed by atoms with van der Waals surface area (Å²) in [6.07, 6.45) is 12.7. The molecule has 6 heteroatoms. The summed E-state index contributed by atoms with van der Waals surface area (Å²) in [5.74, 6) is 0.266. The zero-order chi connectivity index (χ0) is 17.0. The van der Waals surface area contributed by atoms with Crippen molar-refractivity contribution in [2.24, 2.45) is 17.4 Å². The van der Waals surface area contributed by atoms with Crippen molar-refractivity contribution in [3.8, 4) is 0 Å². The number of carbonyl (C=O) groups excluding carboxylic acids is 1. The Balaban J connectivity index is 1.48. The summed E-state index contributed by atoms with van der Waals surface area (Å²) in [5.41, 5.74) is 12.2. The van der Waals surface area contributed by atoms with E-state index in [0.717, 1.165) is 25.9 Å². The van der Waals surface area contributed by atoms with Crippen LogP contribution in [-0.2, 0) is 4.79 Å². The summed E-state index contributed by atoms with van der Waals surface area (Å²) < 4.78 is 0. The van der Waals surface area contributed by atoms with Gasteiger partial charge in [-0.05, 0) is 30.9 Å². The van der Waals surface area contributed by atoms with E-state index in [1.54, 1.807) is 18.2 Å². The Hall–Kier alpha value is -2.18. The molecule has 0 saturated carbocycles.